The van der Waals surface area contributed by atoms with Crippen molar-refractivity contribution in [2.45, 2.75) is 19.2 Å². The van der Waals surface area contributed by atoms with E-state index in [0.29, 0.717) is 19.7 Å². The molecule has 3 atom stereocenters. The van der Waals surface area contributed by atoms with Crippen molar-refractivity contribution in [1.82, 2.24) is 4.90 Å². The molecular formula is C9H18FNO2. The Bertz CT molecular complexity index is 147. The van der Waals surface area contributed by atoms with Crippen LogP contribution in [0.5, 0.6) is 0 Å². The number of aliphatic hydroxyl groups is 1. The Morgan fingerprint density at radius 1 is 1.62 bits per heavy atom. The second-order valence-corrected chi connectivity index (χ2v) is 3.82. The van der Waals surface area contributed by atoms with Crippen molar-refractivity contribution in [3.63, 3.8) is 0 Å². The number of nitrogens with zero attached hydrogens (tertiary/aromatic N) is 1. The molecule has 1 heterocycles. The van der Waals surface area contributed by atoms with Gasteiger partial charge in [-0.25, -0.2) is 4.39 Å². The summed E-state index contributed by atoms with van der Waals surface area (Å²) in [6.07, 6.45) is -1.24. The zero-order valence-electron chi connectivity index (χ0n) is 8.24. The lowest BCUT2D eigenvalue weighted by atomic mass is 10.1. The number of aliphatic hydroxyl groups excluding tert-OH is 1. The van der Waals surface area contributed by atoms with Gasteiger partial charge < -0.3 is 9.84 Å². The molecule has 0 saturated carbocycles. The van der Waals surface area contributed by atoms with E-state index in [0.717, 1.165) is 6.54 Å². The van der Waals surface area contributed by atoms with E-state index in [-0.39, 0.29) is 5.92 Å². The highest BCUT2D eigenvalue weighted by molar-refractivity contribution is 4.82. The maximum Gasteiger partial charge on any atom is 0.116 e. The molecule has 0 bridgehead atoms. The average Bonchev–Trinajstić information content (AvgIpc) is 2.31. The summed E-state index contributed by atoms with van der Waals surface area (Å²) in [7, 11) is 1.55. The van der Waals surface area contributed by atoms with Crippen LogP contribution in [0.4, 0.5) is 4.39 Å². The second-order valence-electron chi connectivity index (χ2n) is 3.82. The normalized spacial score (nSPS) is 32.3. The van der Waals surface area contributed by atoms with E-state index < -0.39 is 12.3 Å². The van der Waals surface area contributed by atoms with Crippen molar-refractivity contribution in [3.8, 4) is 0 Å². The molecule has 3 nitrogen and oxygen atoms in total. The fourth-order valence-corrected chi connectivity index (χ4v) is 1.71. The van der Waals surface area contributed by atoms with Crippen molar-refractivity contribution in [3.05, 3.63) is 0 Å². The van der Waals surface area contributed by atoms with Crippen molar-refractivity contribution in [2.24, 2.45) is 5.92 Å². The minimum atomic E-state index is -0.741. The van der Waals surface area contributed by atoms with Crippen LogP contribution in [0, 0.1) is 5.92 Å². The molecule has 4 heteroatoms. The number of methoxy groups -OCH3 is 1. The van der Waals surface area contributed by atoms with Gasteiger partial charge in [0.05, 0.1) is 12.7 Å². The number of hydrogen-bond donors (Lipinski definition) is 1. The maximum atomic E-state index is 13.0. The summed E-state index contributed by atoms with van der Waals surface area (Å²) in [6.45, 7) is 3.91. The van der Waals surface area contributed by atoms with Crippen LogP contribution in [0.3, 0.4) is 0 Å². The molecule has 0 aromatic rings. The monoisotopic (exact) mass is 191 g/mol. The third-order valence-electron chi connectivity index (χ3n) is 2.42. The Balaban J connectivity index is 2.23. The molecule has 0 spiro atoms. The Morgan fingerprint density at radius 2 is 2.31 bits per heavy atom. The van der Waals surface area contributed by atoms with Crippen LogP contribution in [-0.2, 0) is 4.74 Å². The standard InChI is InChI=1S/C9H18FNO2/c1-7-3-11(5-9(7)10)4-8(12)6-13-2/h7-9,12H,3-6H2,1-2H3/t7-,8-,9+/m1/s1. The van der Waals surface area contributed by atoms with Gasteiger partial charge in [-0.3, -0.25) is 4.90 Å². The summed E-state index contributed by atoms with van der Waals surface area (Å²) < 4.78 is 17.8. The Labute approximate surface area is 78.5 Å². The van der Waals surface area contributed by atoms with E-state index in [1.165, 1.54) is 0 Å². The van der Waals surface area contributed by atoms with Gasteiger partial charge in [0.25, 0.3) is 0 Å². The first-order valence-electron chi connectivity index (χ1n) is 4.67. The van der Waals surface area contributed by atoms with E-state index in [1.807, 2.05) is 11.8 Å². The van der Waals surface area contributed by atoms with Crippen LogP contribution in [0.15, 0.2) is 0 Å². The van der Waals surface area contributed by atoms with Gasteiger partial charge >= 0.3 is 0 Å². The molecule has 1 aliphatic rings. The first-order chi connectivity index (χ1) is 6.13. The first-order valence-corrected chi connectivity index (χ1v) is 4.67. The van der Waals surface area contributed by atoms with Gasteiger partial charge in [-0.05, 0) is 0 Å². The second kappa shape index (κ2) is 4.88. The summed E-state index contributed by atoms with van der Waals surface area (Å²) in [5, 5.41) is 9.39. The third kappa shape index (κ3) is 3.21. The molecule has 0 aromatic carbocycles. The summed E-state index contributed by atoms with van der Waals surface area (Å²) in [5.74, 6) is 0.0924. The lowest BCUT2D eigenvalue weighted by Gasteiger charge is -2.18. The number of likely N-dealkylation sites (tertiary alicyclic amines) is 1. The first kappa shape index (κ1) is 10.9. The molecule has 0 amide bonds. The summed E-state index contributed by atoms with van der Waals surface area (Å²) >= 11 is 0. The molecule has 1 rings (SSSR count). The van der Waals surface area contributed by atoms with Crippen LogP contribution in [0.2, 0.25) is 0 Å². The molecule has 13 heavy (non-hydrogen) atoms. The number of halogens is 1. The van der Waals surface area contributed by atoms with Crippen molar-refractivity contribution >= 4 is 0 Å². The smallest absolute Gasteiger partial charge is 0.116 e. The fraction of sp³-hybridized carbons (Fsp3) is 1.00. The molecule has 1 saturated heterocycles. The maximum absolute atomic E-state index is 13.0. The van der Waals surface area contributed by atoms with Crippen LogP contribution >= 0.6 is 0 Å². The lowest BCUT2D eigenvalue weighted by Crippen LogP contribution is -2.33. The SMILES string of the molecule is COC[C@H](O)CN1C[C@@H](C)[C@@H](F)C1. The number of alkyl halides is 1. The van der Waals surface area contributed by atoms with Crippen LogP contribution in [-0.4, -0.2) is 55.6 Å². The predicted molar refractivity (Wildman–Crippen MR) is 48.4 cm³/mol. The predicted octanol–water partition coefficient (Wildman–Crippen LogP) is 0.284. The van der Waals surface area contributed by atoms with Crippen molar-refractivity contribution < 1.29 is 14.2 Å². The van der Waals surface area contributed by atoms with Crippen LogP contribution in [0.25, 0.3) is 0 Å². The average molecular weight is 191 g/mol. The van der Waals surface area contributed by atoms with Crippen LogP contribution in [0.1, 0.15) is 6.92 Å². The number of β-amino-alcohol motifs (C(OH)–C–C–N with tert-alkyl or cyclic N) is 1. The largest absolute Gasteiger partial charge is 0.389 e. The highest BCUT2D eigenvalue weighted by atomic mass is 19.1. The Morgan fingerprint density at radius 3 is 2.77 bits per heavy atom. The van der Waals surface area contributed by atoms with Gasteiger partial charge in [-0.15, -0.1) is 0 Å². The topological polar surface area (TPSA) is 32.7 Å². The van der Waals surface area contributed by atoms with E-state index in [9.17, 15) is 9.50 Å². The molecule has 0 unspecified atom stereocenters. The summed E-state index contributed by atoms with van der Waals surface area (Å²) in [5.41, 5.74) is 0. The molecule has 1 fully saturated rings. The van der Waals surface area contributed by atoms with Gasteiger partial charge in [-0.1, -0.05) is 6.92 Å². The number of hydrogen-bond acceptors (Lipinski definition) is 3. The summed E-state index contributed by atoms with van der Waals surface area (Å²) in [4.78, 5) is 1.94. The molecule has 1 N–H and O–H groups in total. The Hall–Kier alpha value is -0.190. The van der Waals surface area contributed by atoms with Gasteiger partial charge in [0, 0.05) is 32.7 Å². The minimum Gasteiger partial charge on any atom is -0.389 e. The molecule has 0 aliphatic carbocycles. The molecular weight excluding hydrogens is 173 g/mol. The Kier molecular flexibility index (Phi) is 4.09. The number of rotatable bonds is 4. The molecule has 0 radical (unpaired) electrons. The van der Waals surface area contributed by atoms with Crippen molar-refractivity contribution in [2.75, 3.05) is 33.4 Å². The third-order valence-corrected chi connectivity index (χ3v) is 2.42. The molecule has 0 aromatic heterocycles. The van der Waals surface area contributed by atoms with Gasteiger partial charge in [0.15, 0.2) is 0 Å². The zero-order valence-corrected chi connectivity index (χ0v) is 8.24. The van der Waals surface area contributed by atoms with E-state index >= 15 is 0 Å². The van der Waals surface area contributed by atoms with Gasteiger partial charge in [-0.2, -0.15) is 0 Å². The lowest BCUT2D eigenvalue weighted by molar-refractivity contribution is 0.0414. The number of ether oxygens (including phenoxy) is 1. The van der Waals surface area contributed by atoms with Crippen LogP contribution < -0.4 is 0 Å². The zero-order chi connectivity index (χ0) is 9.84. The quantitative estimate of drug-likeness (QED) is 0.693. The van der Waals surface area contributed by atoms with Gasteiger partial charge in [0.2, 0.25) is 0 Å². The molecule has 78 valence electrons. The highest BCUT2D eigenvalue weighted by Crippen LogP contribution is 2.19. The van der Waals surface area contributed by atoms with Crippen molar-refractivity contribution in [1.29, 1.82) is 0 Å². The molecule has 1 aliphatic heterocycles. The van der Waals surface area contributed by atoms with E-state index in [2.05, 4.69) is 0 Å². The van der Waals surface area contributed by atoms with Gasteiger partial charge in [0.1, 0.15) is 6.17 Å². The minimum absolute atomic E-state index is 0.0924. The fourth-order valence-electron chi connectivity index (χ4n) is 1.71. The van der Waals surface area contributed by atoms with E-state index in [1.54, 1.807) is 7.11 Å². The summed E-state index contributed by atoms with van der Waals surface area (Å²) in [6, 6.07) is 0. The highest BCUT2D eigenvalue weighted by Gasteiger charge is 2.29. The van der Waals surface area contributed by atoms with E-state index in [4.69, 9.17) is 4.74 Å².